The van der Waals surface area contributed by atoms with Crippen LogP contribution in [-0.2, 0) is 11.3 Å². The molecule has 0 aromatic heterocycles. The van der Waals surface area contributed by atoms with Crippen molar-refractivity contribution in [3.63, 3.8) is 0 Å². The fourth-order valence-corrected chi connectivity index (χ4v) is 2.38. The molecule has 108 valence electrons. The van der Waals surface area contributed by atoms with Gasteiger partial charge in [0, 0.05) is 6.54 Å². The number of carbonyl (C=O) groups excluding carboxylic acids is 1. The van der Waals surface area contributed by atoms with E-state index >= 15 is 0 Å². The van der Waals surface area contributed by atoms with Gasteiger partial charge in [0.1, 0.15) is 12.8 Å². The van der Waals surface area contributed by atoms with E-state index in [2.05, 4.69) is 5.32 Å². The second-order valence-corrected chi connectivity index (χ2v) is 5.06. The minimum absolute atomic E-state index is 0.0336. The first-order valence-corrected chi connectivity index (χ1v) is 7.06. The van der Waals surface area contributed by atoms with Gasteiger partial charge in [0.2, 0.25) is 0 Å². The molecular formula is C17H18N2O2. The van der Waals surface area contributed by atoms with Gasteiger partial charge < -0.3 is 10.1 Å². The van der Waals surface area contributed by atoms with Crippen LogP contribution in [0.1, 0.15) is 17.2 Å². The lowest BCUT2D eigenvalue weighted by molar-refractivity contribution is 0.0951. The molecule has 1 atom stereocenters. The van der Waals surface area contributed by atoms with E-state index < -0.39 is 0 Å². The van der Waals surface area contributed by atoms with Crippen LogP contribution in [0.3, 0.4) is 0 Å². The van der Waals surface area contributed by atoms with E-state index in [1.54, 1.807) is 4.90 Å². The van der Waals surface area contributed by atoms with Crippen molar-refractivity contribution in [2.45, 2.75) is 12.6 Å². The van der Waals surface area contributed by atoms with Crippen molar-refractivity contribution < 1.29 is 9.53 Å². The number of hydrogen-bond donors (Lipinski definition) is 1. The largest absolute Gasteiger partial charge is 0.351 e. The molecule has 1 aliphatic rings. The quantitative estimate of drug-likeness (QED) is 0.940. The summed E-state index contributed by atoms with van der Waals surface area (Å²) < 4.78 is 5.69. The Morgan fingerprint density at radius 1 is 1.10 bits per heavy atom. The molecule has 0 radical (unpaired) electrons. The molecule has 3 rings (SSSR count). The number of nitrogens with zero attached hydrogens (tertiary/aromatic N) is 1. The Morgan fingerprint density at radius 2 is 1.76 bits per heavy atom. The summed E-state index contributed by atoms with van der Waals surface area (Å²) in [6, 6.07) is 19.8. The molecule has 0 aliphatic carbocycles. The highest BCUT2D eigenvalue weighted by molar-refractivity contribution is 5.74. The number of rotatable bonds is 3. The van der Waals surface area contributed by atoms with Crippen LogP contribution in [0.2, 0.25) is 0 Å². The molecule has 0 bridgehead atoms. The SMILES string of the molecule is O=C(NCc1ccccc1)N1COC(c2ccccc2)C1. The topological polar surface area (TPSA) is 41.6 Å². The summed E-state index contributed by atoms with van der Waals surface area (Å²) in [5.74, 6) is 0. The maximum absolute atomic E-state index is 12.1. The van der Waals surface area contributed by atoms with Crippen molar-refractivity contribution in [2.24, 2.45) is 0 Å². The van der Waals surface area contributed by atoms with Crippen LogP contribution < -0.4 is 5.32 Å². The van der Waals surface area contributed by atoms with Crippen molar-refractivity contribution in [3.8, 4) is 0 Å². The maximum atomic E-state index is 12.1. The lowest BCUT2D eigenvalue weighted by atomic mass is 10.1. The van der Waals surface area contributed by atoms with Gasteiger partial charge in [-0.3, -0.25) is 4.90 Å². The molecule has 2 amide bonds. The molecule has 4 heteroatoms. The third kappa shape index (κ3) is 3.41. The van der Waals surface area contributed by atoms with Crippen LogP contribution in [-0.4, -0.2) is 24.2 Å². The first-order chi connectivity index (χ1) is 10.3. The predicted octanol–water partition coefficient (Wildman–Crippen LogP) is 2.93. The molecule has 1 fully saturated rings. The van der Waals surface area contributed by atoms with E-state index in [9.17, 15) is 4.79 Å². The monoisotopic (exact) mass is 282 g/mol. The van der Waals surface area contributed by atoms with Crippen LogP contribution >= 0.6 is 0 Å². The molecule has 0 spiro atoms. The minimum Gasteiger partial charge on any atom is -0.351 e. The van der Waals surface area contributed by atoms with Gasteiger partial charge in [0.25, 0.3) is 0 Å². The summed E-state index contributed by atoms with van der Waals surface area (Å²) in [6.07, 6.45) is -0.0336. The first kappa shape index (κ1) is 13.6. The lowest BCUT2D eigenvalue weighted by Gasteiger charge is -2.15. The Kier molecular flexibility index (Phi) is 4.17. The highest BCUT2D eigenvalue weighted by Gasteiger charge is 2.27. The third-order valence-electron chi connectivity index (χ3n) is 3.56. The van der Waals surface area contributed by atoms with Gasteiger partial charge >= 0.3 is 6.03 Å². The molecule has 21 heavy (non-hydrogen) atoms. The summed E-state index contributed by atoms with van der Waals surface area (Å²) in [7, 11) is 0. The Labute approximate surface area is 124 Å². The van der Waals surface area contributed by atoms with Crippen molar-refractivity contribution in [3.05, 3.63) is 71.8 Å². The summed E-state index contributed by atoms with van der Waals surface area (Å²) in [5.41, 5.74) is 2.20. The lowest BCUT2D eigenvalue weighted by Crippen LogP contribution is -2.38. The van der Waals surface area contributed by atoms with E-state index in [1.165, 1.54) is 0 Å². The van der Waals surface area contributed by atoms with Gasteiger partial charge in [0.15, 0.2) is 0 Å². The molecular weight excluding hydrogens is 264 g/mol. The summed E-state index contributed by atoms with van der Waals surface area (Å²) in [4.78, 5) is 13.8. The third-order valence-corrected chi connectivity index (χ3v) is 3.56. The van der Waals surface area contributed by atoms with Crippen molar-refractivity contribution in [2.75, 3.05) is 13.3 Å². The van der Waals surface area contributed by atoms with Gasteiger partial charge in [-0.1, -0.05) is 60.7 Å². The van der Waals surface area contributed by atoms with Gasteiger partial charge in [-0.15, -0.1) is 0 Å². The highest BCUT2D eigenvalue weighted by atomic mass is 16.5. The molecule has 1 unspecified atom stereocenters. The van der Waals surface area contributed by atoms with Gasteiger partial charge in [-0.2, -0.15) is 0 Å². The van der Waals surface area contributed by atoms with Gasteiger partial charge in [-0.05, 0) is 11.1 Å². The number of carbonyl (C=O) groups is 1. The van der Waals surface area contributed by atoms with Crippen LogP contribution in [0.4, 0.5) is 4.79 Å². The molecule has 0 saturated carbocycles. The first-order valence-electron chi connectivity index (χ1n) is 7.06. The van der Waals surface area contributed by atoms with Crippen molar-refractivity contribution in [1.82, 2.24) is 10.2 Å². The molecule has 1 saturated heterocycles. The average Bonchev–Trinajstić information content (AvgIpc) is 3.04. The summed E-state index contributed by atoms with van der Waals surface area (Å²) in [6.45, 7) is 1.46. The van der Waals surface area contributed by atoms with Crippen LogP contribution in [0.25, 0.3) is 0 Å². The zero-order chi connectivity index (χ0) is 14.5. The minimum atomic E-state index is -0.0858. The average molecular weight is 282 g/mol. The molecule has 4 nitrogen and oxygen atoms in total. The molecule has 1 heterocycles. The number of nitrogens with one attached hydrogen (secondary N) is 1. The Hall–Kier alpha value is -2.33. The number of benzene rings is 2. The van der Waals surface area contributed by atoms with Crippen LogP contribution in [0.5, 0.6) is 0 Å². The van der Waals surface area contributed by atoms with Crippen LogP contribution in [0, 0.1) is 0 Å². The number of amides is 2. The molecule has 1 N–H and O–H groups in total. The van der Waals surface area contributed by atoms with Crippen LogP contribution in [0.15, 0.2) is 60.7 Å². The van der Waals surface area contributed by atoms with E-state index in [-0.39, 0.29) is 12.1 Å². The van der Waals surface area contributed by atoms with E-state index in [1.807, 2.05) is 60.7 Å². The Morgan fingerprint density at radius 3 is 2.48 bits per heavy atom. The predicted molar refractivity (Wildman–Crippen MR) is 80.5 cm³/mol. The number of urea groups is 1. The Bertz CT molecular complexity index is 586. The Balaban J connectivity index is 1.53. The number of hydrogen-bond acceptors (Lipinski definition) is 2. The van der Waals surface area contributed by atoms with Crippen molar-refractivity contribution >= 4 is 6.03 Å². The fraction of sp³-hybridized carbons (Fsp3) is 0.235. The zero-order valence-electron chi connectivity index (χ0n) is 11.7. The van der Waals surface area contributed by atoms with Gasteiger partial charge in [0.05, 0.1) is 6.54 Å². The van der Waals surface area contributed by atoms with Gasteiger partial charge in [-0.25, -0.2) is 4.79 Å². The second-order valence-electron chi connectivity index (χ2n) is 5.06. The van der Waals surface area contributed by atoms with E-state index in [0.717, 1.165) is 11.1 Å². The van der Waals surface area contributed by atoms with Crippen molar-refractivity contribution in [1.29, 1.82) is 0 Å². The summed E-state index contributed by atoms with van der Waals surface area (Å²) in [5, 5.41) is 2.92. The fourth-order valence-electron chi connectivity index (χ4n) is 2.38. The van der Waals surface area contributed by atoms with E-state index in [0.29, 0.717) is 19.8 Å². The molecule has 2 aromatic carbocycles. The maximum Gasteiger partial charge on any atom is 0.319 e. The highest BCUT2D eigenvalue weighted by Crippen LogP contribution is 2.24. The van der Waals surface area contributed by atoms with E-state index in [4.69, 9.17) is 4.74 Å². The zero-order valence-corrected chi connectivity index (χ0v) is 11.7. The smallest absolute Gasteiger partial charge is 0.319 e. The second kappa shape index (κ2) is 6.41. The molecule has 2 aromatic rings. The molecule has 1 aliphatic heterocycles. The normalized spacial score (nSPS) is 17.7. The number of ether oxygens (including phenoxy) is 1. The summed E-state index contributed by atoms with van der Waals surface area (Å²) >= 11 is 0. The standard InChI is InChI=1S/C17H18N2O2/c20-17(18-11-14-7-3-1-4-8-14)19-12-16(21-13-19)15-9-5-2-6-10-15/h1-10,16H,11-13H2,(H,18,20).